The molecule has 0 saturated heterocycles. The van der Waals surface area contributed by atoms with E-state index in [0.717, 1.165) is 24.3 Å². The minimum absolute atomic E-state index is 0.0690. The summed E-state index contributed by atoms with van der Waals surface area (Å²) in [6.45, 7) is 10.1. The van der Waals surface area contributed by atoms with Crippen molar-refractivity contribution >= 4 is 17.9 Å². The van der Waals surface area contributed by atoms with Crippen molar-refractivity contribution in [3.05, 3.63) is 0 Å². The molecule has 0 aromatic heterocycles. The molecule has 0 aromatic rings. The van der Waals surface area contributed by atoms with Gasteiger partial charge in [0.2, 0.25) is 0 Å². The van der Waals surface area contributed by atoms with Crippen LogP contribution in [0.4, 0.5) is 4.79 Å². The fourth-order valence-electron chi connectivity index (χ4n) is 1.57. The Balaban J connectivity index is 4.05. The average molecular weight is 291 g/mol. The molecule has 0 spiro atoms. The maximum atomic E-state index is 11.6. The lowest BCUT2D eigenvalue weighted by atomic mass is 9.86. The first-order chi connectivity index (χ1) is 8.72. The van der Waals surface area contributed by atoms with Crippen LogP contribution in [0, 0.1) is 5.41 Å². The summed E-state index contributed by atoms with van der Waals surface area (Å²) in [6.07, 6.45) is 1.52. The molecule has 4 nitrogen and oxygen atoms in total. The fourth-order valence-corrected chi connectivity index (χ4v) is 2.21. The molecule has 5 heteroatoms. The van der Waals surface area contributed by atoms with Crippen molar-refractivity contribution in [3.8, 4) is 0 Å². The van der Waals surface area contributed by atoms with Crippen LogP contribution in [-0.2, 0) is 4.74 Å². The van der Waals surface area contributed by atoms with Crippen LogP contribution in [0.15, 0.2) is 0 Å². The number of amides is 1. The highest BCUT2D eigenvalue weighted by Gasteiger charge is 2.25. The van der Waals surface area contributed by atoms with Gasteiger partial charge in [0.05, 0.1) is 6.61 Å². The molecule has 0 aliphatic carbocycles. The summed E-state index contributed by atoms with van der Waals surface area (Å²) in [6, 6.07) is 0. The molecule has 0 rings (SSSR count). The lowest BCUT2D eigenvalue weighted by Crippen LogP contribution is -2.40. The number of ether oxygens (including phenoxy) is 1. The minimum Gasteiger partial charge on any atom is -0.444 e. The Labute approximate surface area is 121 Å². The smallest absolute Gasteiger partial charge is 0.407 e. The molecular formula is C14H29NO3S. The van der Waals surface area contributed by atoms with Gasteiger partial charge in [0.15, 0.2) is 0 Å². The number of rotatable bonds is 8. The quantitative estimate of drug-likeness (QED) is 0.675. The third-order valence-electron chi connectivity index (χ3n) is 2.71. The predicted molar refractivity (Wildman–Crippen MR) is 81.7 cm³/mol. The molecule has 0 aromatic carbocycles. The molecule has 114 valence electrons. The Bertz CT molecular complexity index is 266. The van der Waals surface area contributed by atoms with Crippen LogP contribution >= 0.6 is 11.8 Å². The number of carbonyl (C=O) groups is 1. The largest absolute Gasteiger partial charge is 0.444 e. The van der Waals surface area contributed by atoms with E-state index < -0.39 is 11.7 Å². The van der Waals surface area contributed by atoms with Gasteiger partial charge in [0.1, 0.15) is 5.60 Å². The summed E-state index contributed by atoms with van der Waals surface area (Å²) in [5.74, 6) is 2.21. The normalized spacial score (nSPS) is 14.8. The van der Waals surface area contributed by atoms with E-state index in [9.17, 15) is 9.90 Å². The van der Waals surface area contributed by atoms with Crippen LogP contribution in [0.2, 0.25) is 0 Å². The molecule has 0 radical (unpaired) electrons. The molecular weight excluding hydrogens is 262 g/mol. The fraction of sp³-hybridized carbons (Fsp3) is 0.929. The second kappa shape index (κ2) is 8.69. The zero-order valence-corrected chi connectivity index (χ0v) is 13.7. The molecule has 2 N–H and O–H groups in total. The first kappa shape index (κ1) is 18.6. The van der Waals surface area contributed by atoms with E-state index >= 15 is 0 Å². The van der Waals surface area contributed by atoms with E-state index in [-0.39, 0.29) is 12.0 Å². The number of hydrogen-bond donors (Lipinski definition) is 2. The monoisotopic (exact) mass is 291 g/mol. The van der Waals surface area contributed by atoms with Crippen LogP contribution in [0.5, 0.6) is 0 Å². The molecule has 19 heavy (non-hydrogen) atoms. The summed E-state index contributed by atoms with van der Waals surface area (Å²) in [7, 11) is 0. The Morgan fingerprint density at radius 2 is 1.95 bits per heavy atom. The SMILES string of the molecule is CCSCCCC(C)(CO)CNC(=O)OC(C)(C)C. The summed E-state index contributed by atoms with van der Waals surface area (Å²) in [5.41, 5.74) is -0.761. The van der Waals surface area contributed by atoms with Gasteiger partial charge in [-0.2, -0.15) is 11.8 Å². The van der Waals surface area contributed by atoms with Crippen LogP contribution in [0.25, 0.3) is 0 Å². The van der Waals surface area contributed by atoms with E-state index in [1.807, 2.05) is 39.5 Å². The van der Waals surface area contributed by atoms with Gasteiger partial charge in [0.25, 0.3) is 0 Å². The average Bonchev–Trinajstić information content (AvgIpc) is 2.30. The second-order valence-electron chi connectivity index (χ2n) is 6.12. The van der Waals surface area contributed by atoms with E-state index in [0.29, 0.717) is 6.54 Å². The number of nitrogens with one attached hydrogen (secondary N) is 1. The highest BCUT2D eigenvalue weighted by molar-refractivity contribution is 7.99. The Kier molecular flexibility index (Phi) is 8.50. The molecule has 0 saturated carbocycles. The molecule has 0 bridgehead atoms. The van der Waals surface area contributed by atoms with Crippen molar-refractivity contribution in [2.75, 3.05) is 24.7 Å². The van der Waals surface area contributed by atoms with Crippen LogP contribution in [0.3, 0.4) is 0 Å². The summed E-state index contributed by atoms with van der Waals surface area (Å²) < 4.78 is 5.18. The van der Waals surface area contributed by atoms with E-state index in [4.69, 9.17) is 4.74 Å². The standard InChI is InChI=1S/C14H29NO3S/c1-6-19-9-7-8-14(5,11-16)10-15-12(17)18-13(2,3)4/h16H,6-11H2,1-5H3,(H,15,17). The molecule has 0 heterocycles. The van der Waals surface area contributed by atoms with Gasteiger partial charge < -0.3 is 15.2 Å². The Morgan fingerprint density at radius 1 is 1.32 bits per heavy atom. The van der Waals surface area contributed by atoms with Gasteiger partial charge in [-0.25, -0.2) is 4.79 Å². The third kappa shape index (κ3) is 10.1. The number of aliphatic hydroxyl groups is 1. The van der Waals surface area contributed by atoms with Crippen molar-refractivity contribution < 1.29 is 14.6 Å². The van der Waals surface area contributed by atoms with Crippen molar-refractivity contribution in [2.45, 2.75) is 53.1 Å². The highest BCUT2D eigenvalue weighted by Crippen LogP contribution is 2.23. The summed E-state index contributed by atoms with van der Waals surface area (Å²) in [4.78, 5) is 11.6. The zero-order valence-electron chi connectivity index (χ0n) is 12.9. The third-order valence-corrected chi connectivity index (χ3v) is 3.70. The number of alkyl carbamates (subject to hydrolysis) is 1. The molecule has 0 fully saturated rings. The van der Waals surface area contributed by atoms with Gasteiger partial charge in [-0.05, 0) is 45.1 Å². The van der Waals surface area contributed by atoms with Gasteiger partial charge in [-0.1, -0.05) is 13.8 Å². The lowest BCUT2D eigenvalue weighted by molar-refractivity contribution is 0.0472. The maximum Gasteiger partial charge on any atom is 0.407 e. The minimum atomic E-state index is -0.489. The van der Waals surface area contributed by atoms with Crippen LogP contribution in [-0.4, -0.2) is 41.5 Å². The van der Waals surface area contributed by atoms with Crippen molar-refractivity contribution in [1.82, 2.24) is 5.32 Å². The van der Waals surface area contributed by atoms with Crippen molar-refractivity contribution in [1.29, 1.82) is 0 Å². The zero-order chi connectivity index (χ0) is 14.9. The van der Waals surface area contributed by atoms with Crippen molar-refractivity contribution in [3.63, 3.8) is 0 Å². The molecule has 1 amide bonds. The first-order valence-electron chi connectivity index (χ1n) is 6.88. The number of carbonyl (C=O) groups excluding carboxylic acids is 1. The van der Waals surface area contributed by atoms with Crippen LogP contribution in [0.1, 0.15) is 47.5 Å². The lowest BCUT2D eigenvalue weighted by Gasteiger charge is -2.28. The van der Waals surface area contributed by atoms with E-state index in [1.54, 1.807) is 0 Å². The van der Waals surface area contributed by atoms with Gasteiger partial charge in [-0.15, -0.1) is 0 Å². The Hall–Kier alpha value is -0.420. The summed E-state index contributed by atoms with van der Waals surface area (Å²) in [5, 5.41) is 12.2. The van der Waals surface area contributed by atoms with Crippen LogP contribution < -0.4 is 5.32 Å². The number of aliphatic hydroxyl groups excluding tert-OH is 1. The highest BCUT2D eigenvalue weighted by atomic mass is 32.2. The maximum absolute atomic E-state index is 11.6. The number of thioether (sulfide) groups is 1. The van der Waals surface area contributed by atoms with Gasteiger partial charge >= 0.3 is 6.09 Å². The molecule has 1 atom stereocenters. The molecule has 1 unspecified atom stereocenters. The second-order valence-corrected chi connectivity index (χ2v) is 7.52. The van der Waals surface area contributed by atoms with Gasteiger partial charge in [0, 0.05) is 12.0 Å². The molecule has 0 aliphatic rings. The molecule has 0 aliphatic heterocycles. The summed E-state index contributed by atoms with van der Waals surface area (Å²) >= 11 is 1.90. The Morgan fingerprint density at radius 3 is 2.42 bits per heavy atom. The first-order valence-corrected chi connectivity index (χ1v) is 8.03. The topological polar surface area (TPSA) is 58.6 Å². The van der Waals surface area contributed by atoms with Gasteiger partial charge in [-0.3, -0.25) is 0 Å². The predicted octanol–water partition coefficient (Wildman–Crippen LogP) is 3.04. The number of hydrogen-bond acceptors (Lipinski definition) is 4. The van der Waals surface area contributed by atoms with E-state index in [2.05, 4.69) is 12.2 Å². The van der Waals surface area contributed by atoms with Crippen molar-refractivity contribution in [2.24, 2.45) is 5.41 Å². The van der Waals surface area contributed by atoms with E-state index in [1.165, 1.54) is 0 Å².